The van der Waals surface area contributed by atoms with Crippen molar-refractivity contribution in [3.8, 4) is 0 Å². The first-order chi connectivity index (χ1) is 10.7. The molecule has 0 N–H and O–H groups in total. The van der Waals surface area contributed by atoms with Crippen molar-refractivity contribution in [2.45, 2.75) is 6.42 Å². The molecule has 0 fully saturated rings. The lowest BCUT2D eigenvalue weighted by Gasteiger charge is -2.31. The highest BCUT2D eigenvalue weighted by molar-refractivity contribution is 7.11. The summed E-state index contributed by atoms with van der Waals surface area (Å²) in [5, 5.41) is 2.08. The Kier molecular flexibility index (Phi) is 4.45. The van der Waals surface area contributed by atoms with Crippen LogP contribution in [0.1, 0.15) is 16.9 Å². The molecule has 5 heteroatoms. The molecule has 0 atom stereocenters. The van der Waals surface area contributed by atoms with E-state index in [4.69, 9.17) is 4.74 Å². The van der Waals surface area contributed by atoms with Crippen LogP contribution in [-0.2, 0) is 9.53 Å². The predicted molar refractivity (Wildman–Crippen MR) is 90.2 cm³/mol. The summed E-state index contributed by atoms with van der Waals surface area (Å²) in [6, 6.07) is 2.10. The van der Waals surface area contributed by atoms with Gasteiger partial charge in [-0.3, -0.25) is 4.79 Å². The minimum atomic E-state index is 0.0710. The van der Waals surface area contributed by atoms with E-state index in [1.54, 1.807) is 23.3 Å². The number of rotatable bonds is 5. The molecule has 0 aromatic carbocycles. The van der Waals surface area contributed by atoms with Gasteiger partial charge < -0.3 is 14.5 Å². The Labute approximate surface area is 135 Å². The predicted octanol–water partition coefficient (Wildman–Crippen LogP) is 2.81. The van der Waals surface area contributed by atoms with Gasteiger partial charge in [0.2, 0.25) is 0 Å². The lowest BCUT2D eigenvalue weighted by molar-refractivity contribution is -0.125. The first-order valence-electron chi connectivity index (χ1n) is 7.40. The number of ether oxygens (including phenoxy) is 1. The molecule has 4 nitrogen and oxygen atoms in total. The van der Waals surface area contributed by atoms with Crippen LogP contribution in [0.4, 0.5) is 0 Å². The molecular weight excluding hydrogens is 296 g/mol. The van der Waals surface area contributed by atoms with Crippen LogP contribution in [0, 0.1) is 0 Å². The number of nitrogens with zero attached hydrogens (tertiary/aromatic N) is 2. The molecule has 22 heavy (non-hydrogen) atoms. The molecule has 0 radical (unpaired) electrons. The van der Waals surface area contributed by atoms with Crippen molar-refractivity contribution < 1.29 is 9.53 Å². The second-order valence-corrected chi connectivity index (χ2v) is 6.33. The molecule has 0 spiro atoms. The Morgan fingerprint density at radius 3 is 3.14 bits per heavy atom. The monoisotopic (exact) mass is 316 g/mol. The van der Waals surface area contributed by atoms with E-state index < -0.39 is 0 Å². The molecule has 3 rings (SSSR count). The zero-order valence-electron chi connectivity index (χ0n) is 12.9. The smallest absolute Gasteiger partial charge is 0.255 e. The summed E-state index contributed by atoms with van der Waals surface area (Å²) in [5.74, 6) is 0.0710. The van der Waals surface area contributed by atoms with Crippen LogP contribution >= 0.6 is 11.3 Å². The van der Waals surface area contributed by atoms with Gasteiger partial charge in [-0.25, -0.2) is 0 Å². The highest BCUT2D eigenvalue weighted by Gasteiger charge is 2.27. The highest BCUT2D eigenvalue weighted by atomic mass is 32.1. The van der Waals surface area contributed by atoms with E-state index >= 15 is 0 Å². The van der Waals surface area contributed by atoms with Crippen molar-refractivity contribution in [3.05, 3.63) is 45.8 Å². The van der Waals surface area contributed by atoms with E-state index in [2.05, 4.69) is 28.6 Å². The zero-order valence-corrected chi connectivity index (χ0v) is 13.7. The van der Waals surface area contributed by atoms with Crippen molar-refractivity contribution in [2.75, 3.05) is 33.9 Å². The van der Waals surface area contributed by atoms with Gasteiger partial charge in [-0.1, -0.05) is 6.08 Å². The molecule has 0 saturated heterocycles. The van der Waals surface area contributed by atoms with E-state index in [0.29, 0.717) is 13.2 Å². The molecule has 0 aliphatic carbocycles. The lowest BCUT2D eigenvalue weighted by atomic mass is 10.0. The van der Waals surface area contributed by atoms with Crippen molar-refractivity contribution >= 4 is 29.0 Å². The number of carbonyl (C=O) groups is 1. The summed E-state index contributed by atoms with van der Waals surface area (Å²) in [6.45, 7) is 2.18. The zero-order chi connectivity index (χ0) is 15.5. The average Bonchev–Trinajstić information content (AvgIpc) is 3.02. The number of hydrogen-bond acceptors (Lipinski definition) is 4. The molecule has 116 valence electrons. The first-order valence-corrected chi connectivity index (χ1v) is 8.28. The lowest BCUT2D eigenvalue weighted by Crippen LogP contribution is -2.33. The Hall–Kier alpha value is -1.85. The second kappa shape index (κ2) is 6.50. The second-order valence-electron chi connectivity index (χ2n) is 5.41. The van der Waals surface area contributed by atoms with Gasteiger partial charge in [0.05, 0.1) is 16.1 Å². The van der Waals surface area contributed by atoms with E-state index in [0.717, 1.165) is 24.2 Å². The van der Waals surface area contributed by atoms with Crippen molar-refractivity contribution in [1.29, 1.82) is 0 Å². The maximum absolute atomic E-state index is 12.8. The van der Waals surface area contributed by atoms with E-state index in [1.165, 1.54) is 10.4 Å². The standard InChI is InChI=1S/C17H20N2O2S/c1-18(8-4-11-21-2)17(20)14-5-3-9-19-10-6-13-7-12-22-16(13)15(14)19/h3,5-7,10,12H,4,8-9,11H2,1-2H3. The molecule has 1 aromatic rings. The molecule has 1 amide bonds. The maximum Gasteiger partial charge on any atom is 0.255 e. The van der Waals surface area contributed by atoms with Gasteiger partial charge >= 0.3 is 0 Å². The SMILES string of the molecule is COCCCN(C)C(=O)C1=C2c3sccc3C=CN2CC=C1. The van der Waals surface area contributed by atoms with E-state index in [-0.39, 0.29) is 5.91 Å². The van der Waals surface area contributed by atoms with Gasteiger partial charge in [0.1, 0.15) is 0 Å². The first kappa shape index (κ1) is 15.1. The Balaban J connectivity index is 1.90. The number of thiophene rings is 1. The van der Waals surface area contributed by atoms with Gasteiger partial charge in [0.25, 0.3) is 5.91 Å². The van der Waals surface area contributed by atoms with Crippen molar-refractivity contribution in [2.24, 2.45) is 0 Å². The van der Waals surface area contributed by atoms with Gasteiger partial charge in [-0.05, 0) is 35.6 Å². The topological polar surface area (TPSA) is 32.8 Å². The summed E-state index contributed by atoms with van der Waals surface area (Å²) in [7, 11) is 3.53. The fraction of sp³-hybridized carbons (Fsp3) is 0.353. The molecule has 2 aliphatic heterocycles. The van der Waals surface area contributed by atoms with Crippen LogP contribution in [0.25, 0.3) is 11.8 Å². The van der Waals surface area contributed by atoms with Crippen LogP contribution in [0.15, 0.2) is 35.4 Å². The molecule has 0 saturated carbocycles. The number of likely N-dealkylation sites (N-methyl/N-ethyl adjacent to an activating group) is 1. The van der Waals surface area contributed by atoms with Crippen molar-refractivity contribution in [1.82, 2.24) is 9.80 Å². The number of amides is 1. The van der Waals surface area contributed by atoms with Crippen LogP contribution in [-0.4, -0.2) is 49.6 Å². The third kappa shape index (κ3) is 2.74. The largest absolute Gasteiger partial charge is 0.385 e. The number of carbonyl (C=O) groups excluding carboxylic acids is 1. The molecule has 2 aliphatic rings. The number of hydrogen-bond donors (Lipinski definition) is 0. The molecule has 0 unspecified atom stereocenters. The normalized spacial score (nSPS) is 15.8. The van der Waals surface area contributed by atoms with Gasteiger partial charge in [0, 0.05) is 40.1 Å². The summed E-state index contributed by atoms with van der Waals surface area (Å²) < 4.78 is 5.06. The van der Waals surface area contributed by atoms with Gasteiger partial charge in [-0.2, -0.15) is 0 Å². The van der Waals surface area contributed by atoms with Gasteiger partial charge in [0.15, 0.2) is 0 Å². The number of methoxy groups -OCH3 is 1. The summed E-state index contributed by atoms with van der Waals surface area (Å²) >= 11 is 1.69. The molecular formula is C17H20N2O2S. The minimum Gasteiger partial charge on any atom is -0.385 e. The van der Waals surface area contributed by atoms with Crippen LogP contribution in [0.3, 0.4) is 0 Å². The fourth-order valence-corrected chi connectivity index (χ4v) is 3.70. The highest BCUT2D eigenvalue weighted by Crippen LogP contribution is 2.37. The summed E-state index contributed by atoms with van der Waals surface area (Å²) in [5.41, 5.74) is 3.01. The van der Waals surface area contributed by atoms with E-state index in [1.807, 2.05) is 19.2 Å². The summed E-state index contributed by atoms with van der Waals surface area (Å²) in [4.78, 5) is 17.9. The Morgan fingerprint density at radius 1 is 1.45 bits per heavy atom. The third-order valence-electron chi connectivity index (χ3n) is 3.89. The minimum absolute atomic E-state index is 0.0710. The number of fused-ring (bicyclic) bond motifs is 3. The molecule has 3 heterocycles. The Bertz CT molecular complexity index is 657. The van der Waals surface area contributed by atoms with Crippen LogP contribution in [0.5, 0.6) is 0 Å². The quantitative estimate of drug-likeness (QED) is 0.783. The van der Waals surface area contributed by atoms with Crippen LogP contribution < -0.4 is 0 Å². The maximum atomic E-state index is 12.8. The molecule has 1 aromatic heterocycles. The van der Waals surface area contributed by atoms with Crippen LogP contribution in [0.2, 0.25) is 0 Å². The fourth-order valence-electron chi connectivity index (χ4n) is 2.74. The van der Waals surface area contributed by atoms with Gasteiger partial charge in [-0.15, -0.1) is 11.3 Å². The van der Waals surface area contributed by atoms with Crippen molar-refractivity contribution in [3.63, 3.8) is 0 Å². The van der Waals surface area contributed by atoms with E-state index in [9.17, 15) is 4.79 Å². The Morgan fingerprint density at radius 2 is 2.32 bits per heavy atom. The third-order valence-corrected chi connectivity index (χ3v) is 4.83. The summed E-state index contributed by atoms with van der Waals surface area (Å²) in [6.07, 6.45) is 9.02. The molecule has 0 bridgehead atoms. The average molecular weight is 316 g/mol.